The highest BCUT2D eigenvalue weighted by Crippen LogP contribution is 1.67. The number of rotatable bonds is 0. The second kappa shape index (κ2) is 2.75. The van der Waals surface area contributed by atoms with E-state index in [9.17, 15) is 0 Å². The Hall–Kier alpha value is -0.250. The van der Waals surface area contributed by atoms with Gasteiger partial charge in [0.15, 0.2) is 0 Å². The Labute approximate surface area is 28.9 Å². The average molecular weight is 78.1 g/mol. The van der Waals surface area contributed by atoms with E-state index in [0.29, 0.717) is 0 Å². The predicted molar refractivity (Wildman–Crippen MR) is 15.6 cm³/mol. The molecule has 0 aliphatic rings. The van der Waals surface area contributed by atoms with Crippen LogP contribution in [-0.2, 0) is 0 Å². The summed E-state index contributed by atoms with van der Waals surface area (Å²) in [6.07, 6.45) is 0. The van der Waals surface area contributed by atoms with Gasteiger partial charge in [-0.15, -0.1) is 0 Å². The second-order valence-corrected chi connectivity index (χ2v) is 0.358. The van der Waals surface area contributed by atoms with Crippen LogP contribution in [0.4, 0.5) is 0 Å². The van der Waals surface area contributed by atoms with Crippen molar-refractivity contribution in [3.63, 3.8) is 0 Å². The molecule has 0 unspecified atom stereocenters. The zero-order chi connectivity index (χ0) is 3.41. The highest BCUT2D eigenvalue weighted by molar-refractivity contribution is 7.78. The standard InChI is InChI=1S/H2N2OS/c3-1-2-4/h(H,1,4)(H,2,3). The summed E-state index contributed by atoms with van der Waals surface area (Å²) in [6, 6.07) is 0. The molecule has 0 atom stereocenters. The minimum Gasteiger partial charge on any atom is -0.394 e. The van der Waals surface area contributed by atoms with Crippen molar-refractivity contribution in [3.05, 3.63) is 0 Å². The van der Waals surface area contributed by atoms with Crippen LogP contribution in [0, 0.1) is 0 Å². The third-order valence-electron chi connectivity index (χ3n) is 0.0400. The van der Waals surface area contributed by atoms with E-state index in [1.165, 1.54) is 0 Å². The van der Waals surface area contributed by atoms with Gasteiger partial charge in [-0.05, 0) is 12.8 Å². The molecule has 0 fully saturated rings. The first-order valence-electron chi connectivity index (χ1n) is 0.600. The lowest BCUT2D eigenvalue weighted by molar-refractivity contribution is 0.293. The van der Waals surface area contributed by atoms with Crippen LogP contribution < -0.4 is 0 Å². The molecule has 24 valence electrons. The summed E-state index contributed by atoms with van der Waals surface area (Å²) in [5.41, 5.74) is 0. The van der Waals surface area contributed by atoms with E-state index >= 15 is 0 Å². The molecule has 0 heterocycles. The van der Waals surface area contributed by atoms with Crippen molar-refractivity contribution in [1.29, 1.82) is 0 Å². The minimum absolute atomic E-state index is 2.23. The molecule has 0 aliphatic carbocycles. The first-order chi connectivity index (χ1) is 1.91. The van der Waals surface area contributed by atoms with Crippen molar-refractivity contribution in [3.8, 4) is 0 Å². The third kappa shape index (κ3) is 1.75. The van der Waals surface area contributed by atoms with Gasteiger partial charge in [0.1, 0.15) is 0 Å². The fraction of sp³-hybridized carbons (Fsp3) is 0. The van der Waals surface area contributed by atoms with Gasteiger partial charge in [0.2, 0.25) is 0 Å². The van der Waals surface area contributed by atoms with Crippen LogP contribution in [0.1, 0.15) is 0 Å². The highest BCUT2D eigenvalue weighted by atomic mass is 32.1. The molecular weight excluding hydrogens is 76.1 g/mol. The van der Waals surface area contributed by atoms with E-state index in [0.717, 1.165) is 0 Å². The number of thiol groups is 1. The van der Waals surface area contributed by atoms with Gasteiger partial charge in [0.05, 0.1) is 0 Å². The highest BCUT2D eigenvalue weighted by Gasteiger charge is 1.34. The summed E-state index contributed by atoms with van der Waals surface area (Å²) >= 11 is 3.13. The molecule has 0 rings (SSSR count). The van der Waals surface area contributed by atoms with E-state index < -0.39 is 0 Å². The van der Waals surface area contributed by atoms with Crippen molar-refractivity contribution in [2.75, 3.05) is 0 Å². The normalized spacial score (nSPS) is 9.25. The van der Waals surface area contributed by atoms with Crippen LogP contribution >= 0.6 is 12.8 Å². The zero-order valence-corrected chi connectivity index (χ0v) is 2.68. The zero-order valence-electron chi connectivity index (χ0n) is 1.79. The van der Waals surface area contributed by atoms with E-state index in [4.69, 9.17) is 5.21 Å². The third-order valence-corrected chi connectivity index (χ3v) is 0.120. The van der Waals surface area contributed by atoms with Gasteiger partial charge in [-0.3, -0.25) is 0 Å². The predicted octanol–water partition coefficient (Wildman–Crippen LogP) is 0.673. The van der Waals surface area contributed by atoms with E-state index in [2.05, 4.69) is 22.6 Å². The minimum atomic E-state index is 2.23. The van der Waals surface area contributed by atoms with Crippen LogP contribution in [0.15, 0.2) is 9.80 Å². The molecule has 0 saturated heterocycles. The van der Waals surface area contributed by atoms with E-state index in [1.807, 2.05) is 0 Å². The Morgan fingerprint density at radius 1 is 1.75 bits per heavy atom. The second-order valence-electron chi connectivity index (χ2n) is 0.179. The Balaban J connectivity index is 2.55. The maximum absolute atomic E-state index is 7.26. The van der Waals surface area contributed by atoms with Crippen molar-refractivity contribution in [2.24, 2.45) is 9.80 Å². The number of hydrogen-bond donors (Lipinski definition) is 2. The Morgan fingerprint density at radius 3 is 2.00 bits per heavy atom. The van der Waals surface area contributed by atoms with Gasteiger partial charge in [-0.25, -0.2) is 0 Å². The van der Waals surface area contributed by atoms with Gasteiger partial charge in [0.25, 0.3) is 0 Å². The molecule has 0 amide bonds. The lowest BCUT2D eigenvalue weighted by Gasteiger charge is -1.51. The Morgan fingerprint density at radius 2 is 2.00 bits per heavy atom. The van der Waals surface area contributed by atoms with Gasteiger partial charge >= 0.3 is 0 Å². The van der Waals surface area contributed by atoms with Crippen LogP contribution in [0.5, 0.6) is 0 Å². The number of nitrogens with zero attached hydrogens (tertiary/aromatic N) is 2. The lowest BCUT2D eigenvalue weighted by atomic mass is 13.1. The molecule has 0 radical (unpaired) electrons. The topological polar surface area (TPSA) is 45.0 Å². The lowest BCUT2D eigenvalue weighted by Crippen LogP contribution is -1.31. The van der Waals surface area contributed by atoms with Gasteiger partial charge in [-0.2, -0.15) is 0 Å². The fourth-order valence-electron chi connectivity index (χ4n) is 0. The largest absolute Gasteiger partial charge is 0.394 e. The van der Waals surface area contributed by atoms with Crippen molar-refractivity contribution in [1.82, 2.24) is 0 Å². The quantitative estimate of drug-likeness (QED) is 0.249. The van der Waals surface area contributed by atoms with Crippen LogP contribution in [0.2, 0.25) is 0 Å². The molecule has 0 bridgehead atoms. The SMILES string of the molecule is ON=NS. The molecule has 1 N–H and O–H groups in total. The number of hydrogen-bond acceptors (Lipinski definition) is 2. The summed E-state index contributed by atoms with van der Waals surface area (Å²) in [6.45, 7) is 0. The van der Waals surface area contributed by atoms with Crippen LogP contribution in [0.25, 0.3) is 0 Å². The molecule has 0 aromatic carbocycles. The Bertz CT molecular complexity index is 21.2. The first kappa shape index (κ1) is 3.75. The van der Waals surface area contributed by atoms with E-state index in [-0.39, 0.29) is 0 Å². The summed E-state index contributed by atoms with van der Waals surface area (Å²) in [7, 11) is 0. The smallest absolute Gasteiger partial charge is 0.0314 e. The maximum Gasteiger partial charge on any atom is 0.0314 e. The maximum atomic E-state index is 7.26. The van der Waals surface area contributed by atoms with Crippen molar-refractivity contribution >= 4 is 12.8 Å². The van der Waals surface area contributed by atoms with Crippen molar-refractivity contribution < 1.29 is 5.21 Å². The van der Waals surface area contributed by atoms with E-state index in [1.54, 1.807) is 0 Å². The molecule has 0 saturated carbocycles. The monoisotopic (exact) mass is 78.0 g/mol. The summed E-state index contributed by atoms with van der Waals surface area (Å²) < 4.78 is 2.61. The van der Waals surface area contributed by atoms with Crippen LogP contribution in [-0.4, -0.2) is 5.21 Å². The summed E-state index contributed by atoms with van der Waals surface area (Å²) in [5.74, 6) is 0. The van der Waals surface area contributed by atoms with Crippen LogP contribution in [0.3, 0.4) is 0 Å². The van der Waals surface area contributed by atoms with Gasteiger partial charge in [0, 0.05) is 5.28 Å². The molecule has 0 aromatic heterocycles. The molecule has 0 aromatic rings. The first-order valence-corrected chi connectivity index (χ1v) is 1.00. The van der Waals surface area contributed by atoms with Gasteiger partial charge < -0.3 is 5.21 Å². The average Bonchev–Trinajstić information content (AvgIpc) is 1.37. The van der Waals surface area contributed by atoms with Crippen molar-refractivity contribution in [2.45, 2.75) is 0 Å². The molecular formula is H2N2OS. The molecule has 0 spiro atoms. The molecule has 4 heteroatoms. The van der Waals surface area contributed by atoms with Gasteiger partial charge in [-0.1, -0.05) is 4.52 Å². The summed E-state index contributed by atoms with van der Waals surface area (Å²) in [4.78, 5) is 0. The summed E-state index contributed by atoms with van der Waals surface area (Å²) in [5, 5.41) is 9.48. The fourth-order valence-corrected chi connectivity index (χ4v) is 0. The molecule has 0 aliphatic heterocycles. The molecule has 4 heavy (non-hydrogen) atoms. The molecule has 3 nitrogen and oxygen atoms in total. The Kier molecular flexibility index (Phi) is 2.58.